The third-order valence-corrected chi connectivity index (χ3v) is 3.55. The molecular formula is C14H14BrClN2. The Bertz CT molecular complexity index is 540. The van der Waals surface area contributed by atoms with Crippen molar-refractivity contribution in [1.29, 1.82) is 0 Å². The lowest BCUT2D eigenvalue weighted by Gasteiger charge is -2.14. The lowest BCUT2D eigenvalue weighted by Crippen LogP contribution is -2.15. The number of aryl methyl sites for hydroxylation is 1. The molecule has 2 nitrogen and oxygen atoms in total. The SMILES string of the molecule is Cc1cc(Cl)ccc1C(N)Cc1ccc(Br)cn1. The number of pyridine rings is 1. The number of aromatic nitrogens is 1. The lowest BCUT2D eigenvalue weighted by molar-refractivity contribution is 0.701. The summed E-state index contributed by atoms with van der Waals surface area (Å²) in [6.07, 6.45) is 2.51. The minimum atomic E-state index is -0.0593. The Kier molecular flexibility index (Phi) is 4.38. The molecule has 2 rings (SSSR count). The Balaban J connectivity index is 2.16. The molecule has 1 atom stereocenters. The first-order valence-electron chi connectivity index (χ1n) is 5.68. The van der Waals surface area contributed by atoms with Gasteiger partial charge in [-0.1, -0.05) is 17.7 Å². The smallest absolute Gasteiger partial charge is 0.0423 e. The van der Waals surface area contributed by atoms with Crippen LogP contribution >= 0.6 is 27.5 Å². The second-order valence-corrected chi connectivity index (χ2v) is 5.63. The minimum Gasteiger partial charge on any atom is -0.324 e. The van der Waals surface area contributed by atoms with Gasteiger partial charge in [-0.2, -0.15) is 0 Å². The Morgan fingerprint density at radius 2 is 2.11 bits per heavy atom. The van der Waals surface area contributed by atoms with Gasteiger partial charge in [0, 0.05) is 33.8 Å². The average Bonchev–Trinajstić information content (AvgIpc) is 2.32. The number of nitrogens with zero attached hydrogens (tertiary/aromatic N) is 1. The first-order chi connectivity index (χ1) is 8.56. The molecule has 0 spiro atoms. The van der Waals surface area contributed by atoms with Crippen LogP contribution in [0.3, 0.4) is 0 Å². The van der Waals surface area contributed by atoms with Crippen LogP contribution in [-0.4, -0.2) is 4.98 Å². The van der Waals surface area contributed by atoms with Crippen molar-refractivity contribution in [3.63, 3.8) is 0 Å². The van der Waals surface area contributed by atoms with Gasteiger partial charge >= 0.3 is 0 Å². The van der Waals surface area contributed by atoms with Gasteiger partial charge in [0.15, 0.2) is 0 Å². The van der Waals surface area contributed by atoms with Gasteiger partial charge < -0.3 is 5.73 Å². The van der Waals surface area contributed by atoms with E-state index in [1.165, 1.54) is 0 Å². The van der Waals surface area contributed by atoms with Crippen molar-refractivity contribution >= 4 is 27.5 Å². The summed E-state index contributed by atoms with van der Waals surface area (Å²) < 4.78 is 0.975. The number of hydrogen-bond donors (Lipinski definition) is 1. The Labute approximate surface area is 120 Å². The third-order valence-electron chi connectivity index (χ3n) is 2.85. The van der Waals surface area contributed by atoms with E-state index in [1.807, 2.05) is 37.3 Å². The van der Waals surface area contributed by atoms with Crippen molar-refractivity contribution in [3.8, 4) is 0 Å². The highest BCUT2D eigenvalue weighted by atomic mass is 79.9. The van der Waals surface area contributed by atoms with Crippen molar-refractivity contribution in [2.75, 3.05) is 0 Å². The molecule has 0 aliphatic heterocycles. The van der Waals surface area contributed by atoms with Crippen LogP contribution in [0.5, 0.6) is 0 Å². The Morgan fingerprint density at radius 1 is 1.33 bits per heavy atom. The van der Waals surface area contributed by atoms with Crippen LogP contribution in [-0.2, 0) is 6.42 Å². The maximum absolute atomic E-state index is 6.22. The number of rotatable bonds is 3. The summed E-state index contributed by atoms with van der Waals surface area (Å²) >= 11 is 9.31. The van der Waals surface area contributed by atoms with Crippen molar-refractivity contribution < 1.29 is 0 Å². The zero-order valence-corrected chi connectivity index (χ0v) is 12.4. The molecule has 0 amide bonds. The molecule has 1 aromatic heterocycles. The van der Waals surface area contributed by atoms with Gasteiger partial charge in [-0.05, 0) is 58.2 Å². The molecule has 0 fully saturated rings. The van der Waals surface area contributed by atoms with E-state index < -0.39 is 0 Å². The van der Waals surface area contributed by atoms with Crippen LogP contribution in [0, 0.1) is 6.92 Å². The summed E-state index contributed by atoms with van der Waals surface area (Å²) in [5.41, 5.74) is 9.44. The van der Waals surface area contributed by atoms with Crippen molar-refractivity contribution in [2.45, 2.75) is 19.4 Å². The largest absolute Gasteiger partial charge is 0.324 e. The first-order valence-corrected chi connectivity index (χ1v) is 6.85. The first kappa shape index (κ1) is 13.5. The lowest BCUT2D eigenvalue weighted by atomic mass is 9.98. The molecule has 0 radical (unpaired) electrons. The molecule has 94 valence electrons. The molecule has 0 aliphatic rings. The molecule has 4 heteroatoms. The van der Waals surface area contributed by atoms with Gasteiger partial charge in [0.05, 0.1) is 0 Å². The van der Waals surface area contributed by atoms with E-state index in [4.69, 9.17) is 17.3 Å². The molecule has 1 heterocycles. The maximum atomic E-state index is 6.22. The summed E-state index contributed by atoms with van der Waals surface area (Å²) in [5, 5.41) is 0.741. The highest BCUT2D eigenvalue weighted by molar-refractivity contribution is 9.10. The van der Waals surface area contributed by atoms with Crippen LogP contribution in [0.1, 0.15) is 22.9 Å². The summed E-state index contributed by atoms with van der Waals surface area (Å²) in [6, 6.07) is 9.70. The van der Waals surface area contributed by atoms with Gasteiger partial charge in [-0.25, -0.2) is 0 Å². The van der Waals surface area contributed by atoms with E-state index in [2.05, 4.69) is 20.9 Å². The standard InChI is InChI=1S/C14H14BrClN2/c1-9-6-11(16)3-5-13(9)14(17)7-12-4-2-10(15)8-18-12/h2-6,8,14H,7,17H2,1H3. The van der Waals surface area contributed by atoms with Gasteiger partial charge in [0.1, 0.15) is 0 Å². The van der Waals surface area contributed by atoms with Crippen LogP contribution in [0.25, 0.3) is 0 Å². The van der Waals surface area contributed by atoms with Crippen LogP contribution in [0.2, 0.25) is 5.02 Å². The summed E-state index contributed by atoms with van der Waals surface area (Å²) in [4.78, 5) is 4.34. The zero-order chi connectivity index (χ0) is 13.1. The molecule has 2 N–H and O–H groups in total. The van der Waals surface area contributed by atoms with E-state index in [1.54, 1.807) is 6.20 Å². The topological polar surface area (TPSA) is 38.9 Å². The summed E-state index contributed by atoms with van der Waals surface area (Å²) in [7, 11) is 0. The van der Waals surface area contributed by atoms with Crippen LogP contribution < -0.4 is 5.73 Å². The molecule has 0 bridgehead atoms. The Morgan fingerprint density at radius 3 is 2.72 bits per heavy atom. The van der Waals surface area contributed by atoms with Gasteiger partial charge in [0.2, 0.25) is 0 Å². The van der Waals surface area contributed by atoms with Crippen molar-refractivity contribution in [1.82, 2.24) is 4.98 Å². The fourth-order valence-electron chi connectivity index (χ4n) is 1.92. The minimum absolute atomic E-state index is 0.0593. The van der Waals surface area contributed by atoms with E-state index in [0.29, 0.717) is 0 Å². The molecule has 0 saturated carbocycles. The Hall–Kier alpha value is -0.900. The van der Waals surface area contributed by atoms with Gasteiger partial charge in [-0.3, -0.25) is 4.98 Å². The van der Waals surface area contributed by atoms with E-state index in [-0.39, 0.29) is 6.04 Å². The second-order valence-electron chi connectivity index (χ2n) is 4.28. The van der Waals surface area contributed by atoms with Crippen molar-refractivity contribution in [3.05, 3.63) is 62.8 Å². The van der Waals surface area contributed by atoms with Gasteiger partial charge in [-0.15, -0.1) is 0 Å². The highest BCUT2D eigenvalue weighted by Crippen LogP contribution is 2.22. The molecule has 2 aromatic rings. The zero-order valence-electron chi connectivity index (χ0n) is 10.0. The second kappa shape index (κ2) is 5.83. The molecule has 1 unspecified atom stereocenters. The average molecular weight is 326 g/mol. The monoisotopic (exact) mass is 324 g/mol. The quantitative estimate of drug-likeness (QED) is 0.924. The van der Waals surface area contributed by atoms with E-state index >= 15 is 0 Å². The summed E-state index contributed by atoms with van der Waals surface area (Å²) in [6.45, 7) is 2.02. The number of hydrogen-bond acceptors (Lipinski definition) is 2. The highest BCUT2D eigenvalue weighted by Gasteiger charge is 2.10. The number of halogens is 2. The predicted molar refractivity (Wildman–Crippen MR) is 78.8 cm³/mol. The molecule has 0 aliphatic carbocycles. The fraction of sp³-hybridized carbons (Fsp3) is 0.214. The third kappa shape index (κ3) is 3.31. The number of benzene rings is 1. The molecule has 1 aromatic carbocycles. The molecular weight excluding hydrogens is 312 g/mol. The molecule has 0 saturated heterocycles. The molecule has 18 heavy (non-hydrogen) atoms. The summed E-state index contributed by atoms with van der Waals surface area (Å²) in [5.74, 6) is 0. The number of nitrogens with two attached hydrogens (primary N) is 1. The van der Waals surface area contributed by atoms with Gasteiger partial charge in [0.25, 0.3) is 0 Å². The van der Waals surface area contributed by atoms with Crippen molar-refractivity contribution in [2.24, 2.45) is 5.73 Å². The van der Waals surface area contributed by atoms with Crippen LogP contribution in [0.15, 0.2) is 41.0 Å². The van der Waals surface area contributed by atoms with E-state index in [0.717, 1.165) is 32.7 Å². The normalized spacial score (nSPS) is 12.4. The van der Waals surface area contributed by atoms with E-state index in [9.17, 15) is 0 Å². The maximum Gasteiger partial charge on any atom is 0.0423 e. The predicted octanol–water partition coefficient (Wildman–Crippen LogP) is 4.05. The van der Waals surface area contributed by atoms with Crippen LogP contribution in [0.4, 0.5) is 0 Å². The fourth-order valence-corrected chi connectivity index (χ4v) is 2.38.